The van der Waals surface area contributed by atoms with Crippen molar-refractivity contribution in [1.29, 1.82) is 0 Å². The van der Waals surface area contributed by atoms with E-state index in [-0.39, 0.29) is 0 Å². The van der Waals surface area contributed by atoms with Gasteiger partial charge in [-0.2, -0.15) is 0 Å². The largest absolute Gasteiger partial charge is 0.457 e. The third-order valence-electron chi connectivity index (χ3n) is 5.16. The summed E-state index contributed by atoms with van der Waals surface area (Å²) in [5.74, 6) is 3.14. The molecule has 5 heteroatoms. The van der Waals surface area contributed by atoms with Crippen molar-refractivity contribution in [1.82, 2.24) is 14.6 Å². The van der Waals surface area contributed by atoms with Crippen LogP contribution in [0, 0.1) is 0 Å². The van der Waals surface area contributed by atoms with E-state index in [2.05, 4.69) is 10.2 Å². The Kier molecular flexibility index (Phi) is 4.06. The van der Waals surface area contributed by atoms with Gasteiger partial charge in [0, 0.05) is 17.7 Å². The van der Waals surface area contributed by atoms with Crippen LogP contribution in [-0.2, 0) is 0 Å². The van der Waals surface area contributed by atoms with Gasteiger partial charge in [0.15, 0.2) is 5.65 Å². The van der Waals surface area contributed by atoms with Crippen LogP contribution in [0.25, 0.3) is 16.8 Å². The number of fused-ring (bicyclic) bond motifs is 1. The molecule has 4 aromatic rings. The predicted octanol–water partition coefficient (Wildman–Crippen LogP) is 6.11. The van der Waals surface area contributed by atoms with Crippen molar-refractivity contribution >= 4 is 17.2 Å². The van der Waals surface area contributed by atoms with Crippen LogP contribution >= 0.6 is 11.6 Å². The average molecular weight is 376 g/mol. The Morgan fingerprint density at radius 1 is 0.889 bits per heavy atom. The van der Waals surface area contributed by atoms with Crippen molar-refractivity contribution in [3.63, 3.8) is 0 Å². The lowest BCUT2D eigenvalue weighted by molar-refractivity contribution is 0.399. The highest BCUT2D eigenvalue weighted by Crippen LogP contribution is 2.38. The van der Waals surface area contributed by atoms with Gasteiger partial charge in [-0.05, 0) is 48.7 Å². The zero-order valence-electron chi connectivity index (χ0n) is 14.7. The molecule has 2 heterocycles. The lowest BCUT2D eigenvalue weighted by Gasteiger charge is -2.23. The number of nitrogens with zero attached hydrogens (tertiary/aromatic N) is 3. The summed E-state index contributed by atoms with van der Waals surface area (Å²) in [7, 11) is 0. The molecule has 0 aliphatic heterocycles. The van der Waals surface area contributed by atoms with Crippen molar-refractivity contribution in [3.05, 3.63) is 77.7 Å². The van der Waals surface area contributed by atoms with Gasteiger partial charge < -0.3 is 4.74 Å². The molecule has 0 atom stereocenters. The van der Waals surface area contributed by atoms with Gasteiger partial charge in [0.1, 0.15) is 17.3 Å². The molecule has 0 spiro atoms. The van der Waals surface area contributed by atoms with Crippen molar-refractivity contribution < 1.29 is 4.74 Å². The topological polar surface area (TPSA) is 39.4 Å². The van der Waals surface area contributed by atoms with Crippen LogP contribution in [0.3, 0.4) is 0 Å². The van der Waals surface area contributed by atoms with Gasteiger partial charge in [0.25, 0.3) is 0 Å². The van der Waals surface area contributed by atoms with Crippen molar-refractivity contribution in [2.45, 2.75) is 25.2 Å². The Morgan fingerprint density at radius 2 is 1.63 bits per heavy atom. The summed E-state index contributed by atoms with van der Waals surface area (Å²) in [4.78, 5) is 0. The molecule has 0 N–H and O–H groups in total. The van der Waals surface area contributed by atoms with E-state index in [4.69, 9.17) is 16.3 Å². The molecule has 1 saturated carbocycles. The van der Waals surface area contributed by atoms with Gasteiger partial charge in [-0.25, -0.2) is 0 Å². The normalized spacial score (nSPS) is 14.3. The number of rotatable bonds is 4. The molecule has 0 saturated heterocycles. The number of halogens is 1. The van der Waals surface area contributed by atoms with E-state index in [9.17, 15) is 0 Å². The van der Waals surface area contributed by atoms with E-state index >= 15 is 0 Å². The first-order valence-electron chi connectivity index (χ1n) is 9.16. The first kappa shape index (κ1) is 16.3. The summed E-state index contributed by atoms with van der Waals surface area (Å²) in [5, 5.41) is 9.35. The lowest BCUT2D eigenvalue weighted by Crippen LogP contribution is -2.12. The Labute approximate surface area is 162 Å². The first-order valence-corrected chi connectivity index (χ1v) is 9.54. The van der Waals surface area contributed by atoms with Gasteiger partial charge in [0.05, 0.1) is 5.02 Å². The maximum Gasteiger partial charge on any atom is 0.180 e. The molecule has 0 radical (unpaired) electrons. The molecule has 2 aromatic carbocycles. The van der Waals surface area contributed by atoms with Crippen LogP contribution in [0.5, 0.6) is 11.5 Å². The molecule has 0 unspecified atom stereocenters. The van der Waals surface area contributed by atoms with E-state index in [1.54, 1.807) is 0 Å². The summed E-state index contributed by atoms with van der Waals surface area (Å²) < 4.78 is 7.89. The molecule has 1 fully saturated rings. The van der Waals surface area contributed by atoms with E-state index in [0.29, 0.717) is 10.9 Å². The minimum absolute atomic E-state index is 0.510. The Bertz CT molecular complexity index is 1090. The smallest absolute Gasteiger partial charge is 0.180 e. The highest BCUT2D eigenvalue weighted by molar-refractivity contribution is 6.36. The van der Waals surface area contributed by atoms with Gasteiger partial charge in [-0.3, -0.25) is 4.40 Å². The molecule has 4 nitrogen and oxygen atoms in total. The predicted molar refractivity (Wildman–Crippen MR) is 107 cm³/mol. The highest BCUT2D eigenvalue weighted by Gasteiger charge is 2.25. The average Bonchev–Trinajstić information content (AvgIpc) is 3.07. The van der Waals surface area contributed by atoms with Gasteiger partial charge in [-0.15, -0.1) is 10.2 Å². The summed E-state index contributed by atoms with van der Waals surface area (Å²) >= 11 is 6.67. The van der Waals surface area contributed by atoms with E-state index in [0.717, 1.165) is 34.1 Å². The third-order valence-corrected chi connectivity index (χ3v) is 5.53. The number of benzene rings is 2. The van der Waals surface area contributed by atoms with Crippen LogP contribution in [-0.4, -0.2) is 14.6 Å². The fourth-order valence-electron chi connectivity index (χ4n) is 3.44. The molecule has 27 heavy (non-hydrogen) atoms. The number of hydrogen-bond acceptors (Lipinski definition) is 3. The number of ether oxygens (including phenoxy) is 1. The molecule has 0 amide bonds. The fourth-order valence-corrected chi connectivity index (χ4v) is 3.74. The number of hydrogen-bond donors (Lipinski definition) is 0. The first-order chi connectivity index (χ1) is 13.3. The summed E-state index contributed by atoms with van der Waals surface area (Å²) in [5.41, 5.74) is 2.69. The zero-order valence-corrected chi connectivity index (χ0v) is 15.4. The molecule has 134 valence electrons. The van der Waals surface area contributed by atoms with Crippen LogP contribution in [0.1, 0.15) is 31.0 Å². The SMILES string of the molecule is Clc1c(-c2ccc(Oc3ccccc3)cc2)ccn2c(C3CCC3)nnc12. The van der Waals surface area contributed by atoms with Gasteiger partial charge in [0.2, 0.25) is 0 Å². The molecular weight excluding hydrogens is 358 g/mol. The standard InChI is InChI=1S/C22H18ClN3O/c23-20-19(13-14-26-21(16-5-4-6-16)24-25-22(20)26)15-9-11-18(12-10-15)27-17-7-2-1-3-8-17/h1-3,7-14,16H,4-6H2. The summed E-state index contributed by atoms with van der Waals surface area (Å²) in [6, 6.07) is 19.7. The fraction of sp³-hybridized carbons (Fsp3) is 0.182. The minimum Gasteiger partial charge on any atom is -0.457 e. The van der Waals surface area contributed by atoms with Gasteiger partial charge >= 0.3 is 0 Å². The molecule has 0 bridgehead atoms. The van der Waals surface area contributed by atoms with Crippen molar-refractivity contribution in [2.75, 3.05) is 0 Å². The van der Waals surface area contributed by atoms with Crippen LogP contribution in [0.15, 0.2) is 66.9 Å². The Hall–Kier alpha value is -2.85. The zero-order chi connectivity index (χ0) is 18.2. The summed E-state index contributed by atoms with van der Waals surface area (Å²) in [6.45, 7) is 0. The highest BCUT2D eigenvalue weighted by atomic mass is 35.5. The van der Waals surface area contributed by atoms with Crippen LogP contribution in [0.4, 0.5) is 0 Å². The molecule has 2 aromatic heterocycles. The molecule has 1 aliphatic rings. The maximum atomic E-state index is 6.67. The van der Waals surface area contributed by atoms with Gasteiger partial charge in [-0.1, -0.05) is 48.4 Å². The number of pyridine rings is 1. The lowest BCUT2D eigenvalue weighted by atomic mass is 9.85. The van der Waals surface area contributed by atoms with Crippen molar-refractivity contribution in [3.8, 4) is 22.6 Å². The van der Waals surface area contributed by atoms with E-state index in [1.807, 2.05) is 71.3 Å². The second-order valence-electron chi connectivity index (χ2n) is 6.86. The number of para-hydroxylation sites is 1. The molecule has 5 rings (SSSR count). The minimum atomic E-state index is 0.510. The molecular formula is C22H18ClN3O. The maximum absolute atomic E-state index is 6.67. The van der Waals surface area contributed by atoms with Crippen molar-refractivity contribution in [2.24, 2.45) is 0 Å². The third kappa shape index (κ3) is 2.96. The quantitative estimate of drug-likeness (QED) is 0.432. The second-order valence-corrected chi connectivity index (χ2v) is 7.24. The monoisotopic (exact) mass is 375 g/mol. The Balaban J connectivity index is 1.45. The second kappa shape index (κ2) is 6.71. The van der Waals surface area contributed by atoms with E-state index < -0.39 is 0 Å². The summed E-state index contributed by atoms with van der Waals surface area (Å²) in [6.07, 6.45) is 5.66. The Morgan fingerprint density at radius 3 is 2.33 bits per heavy atom. The van der Waals surface area contributed by atoms with E-state index in [1.165, 1.54) is 19.3 Å². The molecule has 1 aliphatic carbocycles. The van der Waals surface area contributed by atoms with Crippen LogP contribution < -0.4 is 4.74 Å². The number of aromatic nitrogens is 3. The van der Waals surface area contributed by atoms with Crippen LogP contribution in [0.2, 0.25) is 5.02 Å².